The fourth-order valence-corrected chi connectivity index (χ4v) is 8.62. The predicted octanol–water partition coefficient (Wildman–Crippen LogP) is 22.9. The van der Waals surface area contributed by atoms with E-state index in [1.807, 2.05) is 0 Å². The summed E-state index contributed by atoms with van der Waals surface area (Å²) >= 11 is 0. The average Bonchev–Trinajstić information content (AvgIpc) is 3.46. The van der Waals surface area contributed by atoms with E-state index in [0.29, 0.717) is 19.3 Å². The fraction of sp³-hybridized carbons (Fsp3) is 0.613. The van der Waals surface area contributed by atoms with Gasteiger partial charge < -0.3 is 14.2 Å². The van der Waals surface area contributed by atoms with Crippen LogP contribution in [0, 0.1) is 0 Å². The molecule has 0 aliphatic rings. The Morgan fingerprint density at radius 2 is 0.481 bits per heavy atom. The third-order valence-corrected chi connectivity index (χ3v) is 13.5. The Bertz CT molecular complexity index is 1810. The van der Waals surface area contributed by atoms with Gasteiger partial charge >= 0.3 is 17.9 Å². The van der Waals surface area contributed by atoms with Crippen LogP contribution in [0.2, 0.25) is 0 Å². The zero-order chi connectivity index (χ0) is 58.5. The molecule has 6 heteroatoms. The van der Waals surface area contributed by atoms with E-state index in [1.54, 1.807) is 0 Å². The van der Waals surface area contributed by atoms with Crippen LogP contribution in [0.5, 0.6) is 0 Å². The Hall–Kier alpha value is -4.97. The van der Waals surface area contributed by atoms with Gasteiger partial charge in [0.15, 0.2) is 6.10 Å². The van der Waals surface area contributed by atoms with Gasteiger partial charge in [-0.1, -0.05) is 269 Å². The number of unbranched alkanes of at least 4 members (excludes halogenated alkanes) is 21. The average molecular weight is 1120 g/mol. The van der Waals surface area contributed by atoms with Crippen LogP contribution in [-0.4, -0.2) is 37.2 Å². The van der Waals surface area contributed by atoms with Crippen LogP contribution in [0.15, 0.2) is 158 Å². The Morgan fingerprint density at radius 3 is 0.778 bits per heavy atom. The van der Waals surface area contributed by atoms with Crippen molar-refractivity contribution in [2.45, 2.75) is 284 Å². The molecule has 0 aliphatic heterocycles. The fourth-order valence-electron chi connectivity index (χ4n) is 8.62. The van der Waals surface area contributed by atoms with Crippen LogP contribution >= 0.6 is 0 Å². The topological polar surface area (TPSA) is 78.9 Å². The van der Waals surface area contributed by atoms with Crippen LogP contribution in [0.25, 0.3) is 0 Å². The molecule has 0 aromatic carbocycles. The molecule has 0 fully saturated rings. The predicted molar refractivity (Wildman–Crippen MR) is 352 cm³/mol. The lowest BCUT2D eigenvalue weighted by molar-refractivity contribution is -0.167. The smallest absolute Gasteiger partial charge is 0.306 e. The molecular formula is C75H120O6. The molecule has 1 atom stereocenters. The van der Waals surface area contributed by atoms with Gasteiger partial charge in [-0.15, -0.1) is 0 Å². The number of carbonyl (C=O) groups excluding carboxylic acids is 3. The maximum atomic E-state index is 12.9. The van der Waals surface area contributed by atoms with Gasteiger partial charge in [0.1, 0.15) is 13.2 Å². The molecule has 0 aromatic heterocycles. The molecule has 456 valence electrons. The molecular weight excluding hydrogens is 997 g/mol. The van der Waals surface area contributed by atoms with Crippen LogP contribution in [-0.2, 0) is 28.6 Å². The molecule has 81 heavy (non-hydrogen) atoms. The van der Waals surface area contributed by atoms with Crippen molar-refractivity contribution in [2.24, 2.45) is 0 Å². The van der Waals surface area contributed by atoms with E-state index in [2.05, 4.69) is 179 Å². The van der Waals surface area contributed by atoms with E-state index in [1.165, 1.54) is 77.0 Å². The van der Waals surface area contributed by atoms with Gasteiger partial charge in [0.2, 0.25) is 0 Å². The van der Waals surface area contributed by atoms with Crippen LogP contribution in [0.4, 0.5) is 0 Å². The SMILES string of the molecule is CC/C=C\C/C=C\C/C=C\C/C=C\C/C=C\C/C=C\C/C=C\C/C=C\C/C=C\CCCCCCCCCC(=O)OCC(COC(=O)CCCCC/C=C\C/C=C\C/C=C\CC)OC(=O)CCCCCCC/C=C\CCCCCCCC. The first-order chi connectivity index (χ1) is 40.0. The summed E-state index contributed by atoms with van der Waals surface area (Å²) in [7, 11) is 0. The van der Waals surface area contributed by atoms with Crippen molar-refractivity contribution in [3.05, 3.63) is 158 Å². The number of carbonyl (C=O) groups is 3. The summed E-state index contributed by atoms with van der Waals surface area (Å²) in [5.74, 6) is -0.952. The molecule has 0 radical (unpaired) electrons. The van der Waals surface area contributed by atoms with Crippen molar-refractivity contribution in [3.63, 3.8) is 0 Å². The molecule has 6 nitrogen and oxygen atoms in total. The minimum absolute atomic E-state index is 0.102. The van der Waals surface area contributed by atoms with Crippen molar-refractivity contribution in [1.82, 2.24) is 0 Å². The maximum absolute atomic E-state index is 12.9. The molecule has 1 unspecified atom stereocenters. The molecule has 0 spiro atoms. The molecule has 0 aromatic rings. The minimum Gasteiger partial charge on any atom is -0.462 e. The van der Waals surface area contributed by atoms with Crippen molar-refractivity contribution in [3.8, 4) is 0 Å². The van der Waals surface area contributed by atoms with E-state index in [0.717, 1.165) is 161 Å². The Kier molecular flexibility index (Phi) is 63.4. The van der Waals surface area contributed by atoms with Crippen molar-refractivity contribution < 1.29 is 28.6 Å². The molecule has 0 aliphatic carbocycles. The number of allylic oxidation sites excluding steroid dienone is 26. The second-order valence-electron chi connectivity index (χ2n) is 21.3. The summed E-state index contributed by atoms with van der Waals surface area (Å²) in [5.41, 5.74) is 0. The highest BCUT2D eigenvalue weighted by Gasteiger charge is 2.19. The number of hydrogen-bond donors (Lipinski definition) is 0. The summed E-state index contributed by atoms with van der Waals surface area (Å²) < 4.78 is 16.9. The molecule has 0 saturated carbocycles. The van der Waals surface area contributed by atoms with Gasteiger partial charge in [0.05, 0.1) is 0 Å². The lowest BCUT2D eigenvalue weighted by Gasteiger charge is -2.18. The van der Waals surface area contributed by atoms with Gasteiger partial charge in [-0.05, 0) is 148 Å². The molecule has 0 rings (SSSR count). The maximum Gasteiger partial charge on any atom is 0.306 e. The number of hydrogen-bond acceptors (Lipinski definition) is 6. The lowest BCUT2D eigenvalue weighted by atomic mass is 10.1. The minimum atomic E-state index is -0.806. The monoisotopic (exact) mass is 1120 g/mol. The zero-order valence-electron chi connectivity index (χ0n) is 52.2. The van der Waals surface area contributed by atoms with Gasteiger partial charge in [-0.3, -0.25) is 14.4 Å². The zero-order valence-corrected chi connectivity index (χ0v) is 52.2. The highest BCUT2D eigenvalue weighted by atomic mass is 16.6. The molecule has 0 N–H and O–H groups in total. The van der Waals surface area contributed by atoms with Gasteiger partial charge in [0, 0.05) is 19.3 Å². The first-order valence-electron chi connectivity index (χ1n) is 33.0. The largest absolute Gasteiger partial charge is 0.462 e. The summed E-state index contributed by atoms with van der Waals surface area (Å²) in [6.07, 6.45) is 98.3. The van der Waals surface area contributed by atoms with Gasteiger partial charge in [-0.25, -0.2) is 0 Å². The highest BCUT2D eigenvalue weighted by molar-refractivity contribution is 5.71. The standard InChI is InChI=1S/C75H120O6/c1-4-7-10-13-16-19-22-25-27-28-29-30-31-32-33-34-35-36-37-38-39-40-41-42-43-44-45-46-48-50-53-56-59-62-65-68-74(77)80-71-72(70-79-73(76)67-64-61-58-55-52-49-24-21-18-15-12-9-6-3)81-75(78)69-66-63-60-57-54-51-47-26-23-20-17-14-11-8-5-2/h7,9-10,12,16,18-19,21,25-27,29-30,32-33,35-36,38-39,41-42,44-45,47,49,52,72H,4-6,8,11,13-15,17,20,22-24,28,31,34,37,40,43,46,48,50-51,53-71H2,1-3H3/b10-7-,12-9-,19-16-,21-18-,27-25-,30-29-,33-32-,36-35-,39-38-,42-41-,45-44-,47-26-,52-49-. The molecule has 0 amide bonds. The Labute approximate surface area is 499 Å². The highest BCUT2D eigenvalue weighted by Crippen LogP contribution is 2.14. The first-order valence-corrected chi connectivity index (χ1v) is 33.0. The van der Waals surface area contributed by atoms with E-state index in [4.69, 9.17) is 14.2 Å². The van der Waals surface area contributed by atoms with Crippen LogP contribution < -0.4 is 0 Å². The van der Waals surface area contributed by atoms with Crippen molar-refractivity contribution in [1.29, 1.82) is 0 Å². The number of rotatable bonds is 58. The van der Waals surface area contributed by atoms with Gasteiger partial charge in [0.25, 0.3) is 0 Å². The normalized spacial score (nSPS) is 13.2. The van der Waals surface area contributed by atoms with Crippen LogP contribution in [0.3, 0.4) is 0 Å². The Morgan fingerprint density at radius 1 is 0.259 bits per heavy atom. The summed E-state index contributed by atoms with van der Waals surface area (Å²) in [4.78, 5) is 38.3. The van der Waals surface area contributed by atoms with Crippen molar-refractivity contribution >= 4 is 17.9 Å². The van der Waals surface area contributed by atoms with E-state index in [9.17, 15) is 14.4 Å². The Balaban J connectivity index is 4.30. The first kappa shape index (κ1) is 76.0. The third-order valence-electron chi connectivity index (χ3n) is 13.5. The summed E-state index contributed by atoms with van der Waals surface area (Å²) in [6, 6.07) is 0. The second kappa shape index (κ2) is 67.5. The van der Waals surface area contributed by atoms with Gasteiger partial charge in [-0.2, -0.15) is 0 Å². The lowest BCUT2D eigenvalue weighted by Crippen LogP contribution is -2.30. The van der Waals surface area contributed by atoms with Crippen LogP contribution in [0.1, 0.15) is 278 Å². The van der Waals surface area contributed by atoms with E-state index >= 15 is 0 Å². The van der Waals surface area contributed by atoms with Crippen molar-refractivity contribution in [2.75, 3.05) is 13.2 Å². The molecule has 0 heterocycles. The third kappa shape index (κ3) is 65.7. The van der Waals surface area contributed by atoms with E-state index < -0.39 is 6.10 Å². The van der Waals surface area contributed by atoms with E-state index in [-0.39, 0.29) is 31.1 Å². The summed E-state index contributed by atoms with van der Waals surface area (Å²) in [5, 5.41) is 0. The number of ether oxygens (including phenoxy) is 3. The molecule has 0 bridgehead atoms. The number of esters is 3. The summed E-state index contributed by atoms with van der Waals surface area (Å²) in [6.45, 7) is 6.36. The quantitative estimate of drug-likeness (QED) is 0.0261. The molecule has 0 saturated heterocycles. The second-order valence-corrected chi connectivity index (χ2v) is 21.3.